The summed E-state index contributed by atoms with van der Waals surface area (Å²) in [5.74, 6) is 0. The van der Waals surface area contributed by atoms with Crippen LogP contribution in [0.2, 0.25) is 0 Å². The highest BCUT2D eigenvalue weighted by atomic mass is 16.1. The highest BCUT2D eigenvalue weighted by Crippen LogP contribution is 2.05. The molecule has 0 amide bonds. The number of nitrogens with one attached hydrogen (secondary N) is 1. The molecule has 1 unspecified atom stereocenters. The second-order valence-electron chi connectivity index (χ2n) is 3.35. The molecule has 0 saturated carbocycles. The number of aromatic nitrogens is 2. The molecule has 1 aliphatic rings. The van der Waals surface area contributed by atoms with Crippen molar-refractivity contribution in [1.29, 1.82) is 0 Å². The van der Waals surface area contributed by atoms with Gasteiger partial charge in [0.15, 0.2) is 0 Å². The molecule has 0 spiro atoms. The quantitative estimate of drug-likeness (QED) is 0.695. The van der Waals surface area contributed by atoms with Crippen LogP contribution < -0.4 is 11.0 Å². The molecule has 0 bridgehead atoms. The summed E-state index contributed by atoms with van der Waals surface area (Å²) in [5.41, 5.74) is -0.156. The second kappa shape index (κ2) is 3.70. The molecule has 13 heavy (non-hydrogen) atoms. The van der Waals surface area contributed by atoms with E-state index in [1.165, 1.54) is 12.6 Å². The largest absolute Gasteiger partial charge is 0.347 e. The SMILES string of the molecule is O=c1ncccn1CC1CCCN1. The van der Waals surface area contributed by atoms with Gasteiger partial charge in [0.05, 0.1) is 0 Å². The molecule has 1 aliphatic heterocycles. The first-order valence-corrected chi connectivity index (χ1v) is 4.61. The van der Waals surface area contributed by atoms with Gasteiger partial charge in [-0.25, -0.2) is 9.78 Å². The molecule has 1 fully saturated rings. The van der Waals surface area contributed by atoms with Crippen molar-refractivity contribution in [3.8, 4) is 0 Å². The van der Waals surface area contributed by atoms with Crippen molar-refractivity contribution in [2.45, 2.75) is 25.4 Å². The Labute approximate surface area is 76.6 Å². The average molecular weight is 179 g/mol. The van der Waals surface area contributed by atoms with Gasteiger partial charge in [0, 0.05) is 25.0 Å². The molecule has 2 heterocycles. The molecule has 1 saturated heterocycles. The molecule has 1 N–H and O–H groups in total. The van der Waals surface area contributed by atoms with Crippen LogP contribution in [-0.4, -0.2) is 22.1 Å². The van der Waals surface area contributed by atoms with Crippen LogP contribution in [-0.2, 0) is 6.54 Å². The molecule has 2 rings (SSSR count). The van der Waals surface area contributed by atoms with E-state index in [-0.39, 0.29) is 5.69 Å². The first kappa shape index (κ1) is 8.44. The Morgan fingerprint density at radius 1 is 1.69 bits per heavy atom. The Hall–Kier alpha value is -1.16. The summed E-state index contributed by atoms with van der Waals surface area (Å²) in [7, 11) is 0. The van der Waals surface area contributed by atoms with Crippen LogP contribution in [0.25, 0.3) is 0 Å². The van der Waals surface area contributed by atoms with Gasteiger partial charge in [-0.3, -0.25) is 4.57 Å². The third-order valence-electron chi connectivity index (χ3n) is 2.36. The fourth-order valence-electron chi connectivity index (χ4n) is 1.68. The van der Waals surface area contributed by atoms with Gasteiger partial charge in [-0.15, -0.1) is 0 Å². The third-order valence-corrected chi connectivity index (χ3v) is 2.36. The van der Waals surface area contributed by atoms with Crippen LogP contribution in [0.3, 0.4) is 0 Å². The molecule has 70 valence electrons. The van der Waals surface area contributed by atoms with Gasteiger partial charge in [-0.05, 0) is 25.5 Å². The van der Waals surface area contributed by atoms with Crippen molar-refractivity contribution < 1.29 is 0 Å². The summed E-state index contributed by atoms with van der Waals surface area (Å²) in [6.45, 7) is 1.81. The van der Waals surface area contributed by atoms with Crippen LogP contribution in [0.1, 0.15) is 12.8 Å². The fourth-order valence-corrected chi connectivity index (χ4v) is 1.68. The third kappa shape index (κ3) is 1.95. The highest BCUT2D eigenvalue weighted by molar-refractivity contribution is 4.84. The molecule has 1 aromatic rings. The lowest BCUT2D eigenvalue weighted by atomic mass is 10.2. The summed E-state index contributed by atoms with van der Waals surface area (Å²) in [5, 5.41) is 3.34. The molecule has 0 aliphatic carbocycles. The molecule has 1 aromatic heterocycles. The Morgan fingerprint density at radius 3 is 3.31 bits per heavy atom. The van der Waals surface area contributed by atoms with Gasteiger partial charge in [0.2, 0.25) is 0 Å². The van der Waals surface area contributed by atoms with E-state index in [1.54, 1.807) is 16.8 Å². The van der Waals surface area contributed by atoms with Crippen molar-refractivity contribution in [3.05, 3.63) is 28.9 Å². The van der Waals surface area contributed by atoms with E-state index in [0.717, 1.165) is 19.5 Å². The van der Waals surface area contributed by atoms with E-state index >= 15 is 0 Å². The predicted octanol–water partition coefficient (Wildman–Crippen LogP) is -0.00470. The van der Waals surface area contributed by atoms with Crippen LogP contribution in [0.5, 0.6) is 0 Å². The van der Waals surface area contributed by atoms with Crippen LogP contribution in [0, 0.1) is 0 Å². The number of nitrogens with zero attached hydrogens (tertiary/aromatic N) is 2. The van der Waals surface area contributed by atoms with Gasteiger partial charge < -0.3 is 5.32 Å². The van der Waals surface area contributed by atoms with E-state index in [4.69, 9.17) is 0 Å². The Morgan fingerprint density at radius 2 is 2.62 bits per heavy atom. The van der Waals surface area contributed by atoms with Gasteiger partial charge >= 0.3 is 5.69 Å². The lowest BCUT2D eigenvalue weighted by Gasteiger charge is -2.10. The van der Waals surface area contributed by atoms with Gasteiger partial charge in [-0.1, -0.05) is 0 Å². The Balaban J connectivity index is 2.08. The monoisotopic (exact) mass is 179 g/mol. The smallest absolute Gasteiger partial charge is 0.312 e. The summed E-state index contributed by atoms with van der Waals surface area (Å²) in [6, 6.07) is 2.23. The van der Waals surface area contributed by atoms with Crippen molar-refractivity contribution in [3.63, 3.8) is 0 Å². The highest BCUT2D eigenvalue weighted by Gasteiger charge is 2.14. The van der Waals surface area contributed by atoms with Crippen molar-refractivity contribution in [1.82, 2.24) is 14.9 Å². The van der Waals surface area contributed by atoms with E-state index in [0.29, 0.717) is 6.04 Å². The van der Waals surface area contributed by atoms with E-state index in [2.05, 4.69) is 10.3 Å². The summed E-state index contributed by atoms with van der Waals surface area (Å²) in [4.78, 5) is 14.9. The zero-order valence-electron chi connectivity index (χ0n) is 7.44. The zero-order valence-corrected chi connectivity index (χ0v) is 7.44. The number of hydrogen-bond acceptors (Lipinski definition) is 3. The van der Waals surface area contributed by atoms with Crippen LogP contribution in [0.15, 0.2) is 23.3 Å². The minimum atomic E-state index is -0.156. The molecule has 0 aromatic carbocycles. The first-order valence-electron chi connectivity index (χ1n) is 4.61. The summed E-state index contributed by atoms with van der Waals surface area (Å²) in [6.07, 6.45) is 5.68. The van der Waals surface area contributed by atoms with Gasteiger partial charge in [-0.2, -0.15) is 0 Å². The second-order valence-corrected chi connectivity index (χ2v) is 3.35. The van der Waals surface area contributed by atoms with Crippen molar-refractivity contribution in [2.24, 2.45) is 0 Å². The molecular formula is C9H13N3O. The minimum absolute atomic E-state index is 0.156. The summed E-state index contributed by atoms with van der Waals surface area (Å²) >= 11 is 0. The number of rotatable bonds is 2. The normalized spacial score (nSPS) is 22.0. The lowest BCUT2D eigenvalue weighted by Crippen LogP contribution is -2.32. The lowest BCUT2D eigenvalue weighted by molar-refractivity contribution is 0.493. The molecule has 4 nitrogen and oxygen atoms in total. The first-order chi connectivity index (χ1) is 6.36. The minimum Gasteiger partial charge on any atom is -0.312 e. The van der Waals surface area contributed by atoms with Gasteiger partial charge in [0.25, 0.3) is 0 Å². The maximum atomic E-state index is 11.2. The van der Waals surface area contributed by atoms with E-state index in [9.17, 15) is 4.79 Å². The molecular weight excluding hydrogens is 166 g/mol. The number of hydrogen-bond donors (Lipinski definition) is 1. The standard InChI is InChI=1S/C9H13N3O/c13-9-11-5-2-6-12(9)7-8-3-1-4-10-8/h2,5-6,8,10H,1,3-4,7H2. The van der Waals surface area contributed by atoms with Gasteiger partial charge in [0.1, 0.15) is 0 Å². The molecule has 1 atom stereocenters. The van der Waals surface area contributed by atoms with Crippen molar-refractivity contribution in [2.75, 3.05) is 6.54 Å². The van der Waals surface area contributed by atoms with Crippen LogP contribution >= 0.6 is 0 Å². The van der Waals surface area contributed by atoms with Crippen LogP contribution in [0.4, 0.5) is 0 Å². The summed E-state index contributed by atoms with van der Waals surface area (Å²) < 4.78 is 1.66. The Kier molecular flexibility index (Phi) is 2.40. The van der Waals surface area contributed by atoms with Crippen molar-refractivity contribution >= 4 is 0 Å². The fraction of sp³-hybridized carbons (Fsp3) is 0.556. The maximum absolute atomic E-state index is 11.2. The maximum Gasteiger partial charge on any atom is 0.347 e. The zero-order chi connectivity index (χ0) is 9.10. The topological polar surface area (TPSA) is 46.9 Å². The molecule has 0 radical (unpaired) electrons. The molecule has 4 heteroatoms. The Bertz CT molecular complexity index is 328. The predicted molar refractivity (Wildman–Crippen MR) is 49.5 cm³/mol. The average Bonchev–Trinajstić information content (AvgIpc) is 2.61. The van der Waals surface area contributed by atoms with E-state index < -0.39 is 0 Å². The van der Waals surface area contributed by atoms with E-state index in [1.807, 2.05) is 0 Å².